The summed E-state index contributed by atoms with van der Waals surface area (Å²) < 4.78 is 67.5. The van der Waals surface area contributed by atoms with Crippen molar-refractivity contribution in [1.29, 1.82) is 0 Å². The minimum Gasteiger partial charge on any atom is -0.452 e. The summed E-state index contributed by atoms with van der Waals surface area (Å²) in [4.78, 5) is 10.7. The number of ether oxygens (including phenoxy) is 2. The molecule has 0 aliphatic carbocycles. The number of aromatic nitrogens is 1. The highest BCUT2D eigenvalue weighted by molar-refractivity contribution is 7.06. The maximum absolute atomic E-state index is 13.4. The van der Waals surface area contributed by atoms with Gasteiger partial charge in [0.15, 0.2) is 0 Å². The number of nitrogens with zero attached hydrogens (tertiary/aromatic N) is 1. The summed E-state index contributed by atoms with van der Waals surface area (Å²) in [5, 5.41) is 0. The van der Waals surface area contributed by atoms with Crippen LogP contribution in [0.25, 0.3) is 17.0 Å². The fourth-order valence-electron chi connectivity index (χ4n) is 2.33. The Bertz CT molecular complexity index is 853. The van der Waals surface area contributed by atoms with Gasteiger partial charge in [0.2, 0.25) is 5.79 Å². The average molecular weight is 373 g/mol. The van der Waals surface area contributed by atoms with Crippen LogP contribution in [0.15, 0.2) is 30.3 Å². The summed E-state index contributed by atoms with van der Waals surface area (Å²) in [5.41, 5.74) is -0.146. The van der Waals surface area contributed by atoms with Gasteiger partial charge in [-0.2, -0.15) is 17.5 Å². The van der Waals surface area contributed by atoms with Crippen LogP contribution in [0.5, 0.6) is 0 Å². The molecule has 0 unspecified atom stereocenters. The SMILES string of the molecule is CC1(C)OC(=O)C=C(c2c(-c3ccc(F)cc3)nsc2C(F)(F)F)O1. The predicted octanol–water partition coefficient (Wildman–Crippen LogP) is 4.62. The van der Waals surface area contributed by atoms with Crippen molar-refractivity contribution in [3.8, 4) is 11.3 Å². The molecule has 0 radical (unpaired) electrons. The number of esters is 1. The lowest BCUT2D eigenvalue weighted by Crippen LogP contribution is -2.34. The molecule has 0 N–H and O–H groups in total. The van der Waals surface area contributed by atoms with Crippen LogP contribution in [-0.2, 0) is 20.4 Å². The molecular weight excluding hydrogens is 362 g/mol. The van der Waals surface area contributed by atoms with Crippen molar-refractivity contribution in [3.63, 3.8) is 0 Å². The molecule has 0 bridgehead atoms. The van der Waals surface area contributed by atoms with Crippen molar-refractivity contribution in [1.82, 2.24) is 4.37 Å². The molecule has 25 heavy (non-hydrogen) atoms. The molecule has 1 aromatic carbocycles. The van der Waals surface area contributed by atoms with E-state index in [1.54, 1.807) is 0 Å². The Kier molecular flexibility index (Phi) is 4.06. The van der Waals surface area contributed by atoms with Crippen LogP contribution in [0.2, 0.25) is 0 Å². The zero-order chi connectivity index (χ0) is 18.4. The topological polar surface area (TPSA) is 48.4 Å². The van der Waals surface area contributed by atoms with Crippen LogP contribution in [0, 0.1) is 5.82 Å². The molecule has 9 heteroatoms. The summed E-state index contributed by atoms with van der Waals surface area (Å²) in [6.07, 6.45) is -3.85. The van der Waals surface area contributed by atoms with E-state index in [2.05, 4.69) is 4.37 Å². The zero-order valence-corrected chi connectivity index (χ0v) is 13.8. The molecule has 0 amide bonds. The normalized spacial score (nSPS) is 16.9. The molecule has 2 aromatic rings. The highest BCUT2D eigenvalue weighted by Crippen LogP contribution is 2.44. The molecule has 0 saturated heterocycles. The third-order valence-electron chi connectivity index (χ3n) is 3.26. The number of alkyl halides is 3. The predicted molar refractivity (Wildman–Crippen MR) is 81.7 cm³/mol. The number of hydrogen-bond donors (Lipinski definition) is 0. The first kappa shape index (κ1) is 17.4. The molecule has 1 aliphatic heterocycles. The molecule has 132 valence electrons. The van der Waals surface area contributed by atoms with Gasteiger partial charge in [-0.25, -0.2) is 9.18 Å². The highest BCUT2D eigenvalue weighted by atomic mass is 32.1. The third-order valence-corrected chi connectivity index (χ3v) is 4.16. The van der Waals surface area contributed by atoms with E-state index in [4.69, 9.17) is 9.47 Å². The quantitative estimate of drug-likeness (QED) is 0.569. The average Bonchev–Trinajstić information content (AvgIpc) is 2.90. The number of hydrogen-bond acceptors (Lipinski definition) is 5. The van der Waals surface area contributed by atoms with Crippen LogP contribution in [0.3, 0.4) is 0 Å². The first-order valence-corrected chi connectivity index (χ1v) is 7.81. The molecule has 1 aliphatic rings. The summed E-state index contributed by atoms with van der Waals surface area (Å²) in [6.45, 7) is 2.81. The fraction of sp³-hybridized carbons (Fsp3) is 0.250. The van der Waals surface area contributed by atoms with Gasteiger partial charge in [0.1, 0.15) is 16.5 Å². The minimum atomic E-state index is -4.69. The van der Waals surface area contributed by atoms with Gasteiger partial charge in [-0.3, -0.25) is 0 Å². The Hall–Kier alpha value is -2.42. The van der Waals surface area contributed by atoms with E-state index >= 15 is 0 Å². The number of carbonyl (C=O) groups excluding carboxylic acids is 1. The summed E-state index contributed by atoms with van der Waals surface area (Å²) >= 11 is 0.235. The van der Waals surface area contributed by atoms with E-state index in [1.807, 2.05) is 0 Å². The molecular formula is C16H11F4NO3S. The van der Waals surface area contributed by atoms with Gasteiger partial charge >= 0.3 is 12.1 Å². The maximum atomic E-state index is 13.4. The van der Waals surface area contributed by atoms with Gasteiger partial charge in [-0.15, -0.1) is 0 Å². The second-order valence-electron chi connectivity index (χ2n) is 5.67. The van der Waals surface area contributed by atoms with Crippen molar-refractivity contribution < 1.29 is 31.8 Å². The van der Waals surface area contributed by atoms with Gasteiger partial charge in [0, 0.05) is 19.4 Å². The first-order chi connectivity index (χ1) is 11.6. The molecule has 4 nitrogen and oxygen atoms in total. The Balaban J connectivity index is 2.21. The lowest BCUT2D eigenvalue weighted by atomic mass is 10.0. The minimum absolute atomic E-state index is 0.0472. The standard InChI is InChI=1S/C16H11F4NO3S/c1-15(2)23-10(7-11(22)24-15)12-13(8-3-5-9(17)6-4-8)21-25-14(12)16(18,19)20/h3-7H,1-2H3. The van der Waals surface area contributed by atoms with Gasteiger partial charge in [0.25, 0.3) is 0 Å². The van der Waals surface area contributed by atoms with Gasteiger partial charge in [0.05, 0.1) is 17.3 Å². The van der Waals surface area contributed by atoms with Crippen LogP contribution >= 0.6 is 11.5 Å². The number of carbonyl (C=O) groups is 1. The van der Waals surface area contributed by atoms with Crippen molar-refractivity contribution in [3.05, 3.63) is 46.6 Å². The Labute approximate surface area is 143 Å². The first-order valence-electron chi connectivity index (χ1n) is 7.04. The molecule has 0 fully saturated rings. The van der Waals surface area contributed by atoms with Crippen molar-refractivity contribution in [2.24, 2.45) is 0 Å². The monoisotopic (exact) mass is 373 g/mol. The van der Waals surface area contributed by atoms with E-state index in [9.17, 15) is 22.4 Å². The lowest BCUT2D eigenvalue weighted by molar-refractivity contribution is -0.193. The Morgan fingerprint density at radius 1 is 1.12 bits per heavy atom. The van der Waals surface area contributed by atoms with Crippen LogP contribution in [-0.4, -0.2) is 16.1 Å². The molecule has 0 spiro atoms. The number of halogens is 4. The van der Waals surface area contributed by atoms with Crippen molar-refractivity contribution in [2.45, 2.75) is 25.8 Å². The van der Waals surface area contributed by atoms with E-state index in [0.29, 0.717) is 0 Å². The second-order valence-corrected chi connectivity index (χ2v) is 6.44. The smallest absolute Gasteiger partial charge is 0.427 e. The number of cyclic esters (lactones) is 1. The number of rotatable bonds is 2. The largest absolute Gasteiger partial charge is 0.452 e. The Morgan fingerprint density at radius 2 is 1.76 bits per heavy atom. The molecule has 2 heterocycles. The highest BCUT2D eigenvalue weighted by Gasteiger charge is 2.42. The van der Waals surface area contributed by atoms with Crippen LogP contribution in [0.4, 0.5) is 17.6 Å². The third kappa shape index (κ3) is 3.51. The molecule has 3 rings (SSSR count). The van der Waals surface area contributed by atoms with Crippen molar-refractivity contribution >= 4 is 23.3 Å². The van der Waals surface area contributed by atoms with Gasteiger partial charge in [-0.05, 0) is 35.8 Å². The Morgan fingerprint density at radius 3 is 2.32 bits per heavy atom. The van der Waals surface area contributed by atoms with Crippen molar-refractivity contribution in [2.75, 3.05) is 0 Å². The number of benzene rings is 1. The van der Waals surface area contributed by atoms with Gasteiger partial charge in [-0.1, -0.05) is 0 Å². The van der Waals surface area contributed by atoms with Gasteiger partial charge < -0.3 is 9.47 Å². The molecule has 0 saturated carbocycles. The van der Waals surface area contributed by atoms with E-state index in [-0.39, 0.29) is 34.1 Å². The zero-order valence-electron chi connectivity index (χ0n) is 13.0. The van der Waals surface area contributed by atoms with E-state index in [0.717, 1.165) is 18.2 Å². The fourth-order valence-corrected chi connectivity index (χ4v) is 3.11. The van der Waals surface area contributed by atoms with E-state index in [1.165, 1.54) is 26.0 Å². The summed E-state index contributed by atoms with van der Waals surface area (Å²) in [5.74, 6) is -3.07. The summed E-state index contributed by atoms with van der Waals surface area (Å²) in [7, 11) is 0. The maximum Gasteiger partial charge on any atom is 0.427 e. The lowest BCUT2D eigenvalue weighted by Gasteiger charge is -2.31. The molecule has 1 aromatic heterocycles. The van der Waals surface area contributed by atoms with Crippen LogP contribution in [0.1, 0.15) is 24.3 Å². The van der Waals surface area contributed by atoms with Crippen LogP contribution < -0.4 is 0 Å². The summed E-state index contributed by atoms with van der Waals surface area (Å²) in [6, 6.07) is 4.84. The molecule has 0 atom stereocenters. The second kappa shape index (κ2) is 5.83. The van der Waals surface area contributed by atoms with E-state index < -0.39 is 28.6 Å².